The molecule has 0 saturated carbocycles. The van der Waals surface area contributed by atoms with E-state index in [9.17, 15) is 9.90 Å². The summed E-state index contributed by atoms with van der Waals surface area (Å²) in [6.45, 7) is 3.59. The average Bonchev–Trinajstić information content (AvgIpc) is 3.97. The first-order chi connectivity index (χ1) is 30.7. The number of aliphatic hydroxyl groups is 1. The van der Waals surface area contributed by atoms with E-state index in [-0.39, 0.29) is 11.9 Å². The molecule has 0 saturated heterocycles. The highest BCUT2D eigenvalue weighted by atomic mass is 16.5. The van der Waals surface area contributed by atoms with E-state index in [1.165, 1.54) is 18.5 Å². The Labute approximate surface area is 360 Å². The average molecular weight is 852 g/mol. The summed E-state index contributed by atoms with van der Waals surface area (Å²) in [5.74, 6) is 3.64. The summed E-state index contributed by atoms with van der Waals surface area (Å²) in [6, 6.07) is 21.2. The van der Waals surface area contributed by atoms with Crippen molar-refractivity contribution in [2.75, 3.05) is 21.3 Å². The molecule has 9 aromatic rings. The molecule has 0 aliphatic rings. The Balaban J connectivity index is 0.000000152. The number of fused-ring (bicyclic) bond motifs is 2. The second-order valence-corrected chi connectivity index (χ2v) is 13.0. The normalized spacial score (nSPS) is 11.3. The van der Waals surface area contributed by atoms with Crippen LogP contribution >= 0.6 is 0 Å². The molecule has 2 atom stereocenters. The fourth-order valence-corrected chi connectivity index (χ4v) is 5.27. The number of nitrogens with zero attached hydrogens (tertiary/aromatic N) is 9. The first-order valence-corrected chi connectivity index (χ1v) is 19.0. The third-order valence-corrected chi connectivity index (χ3v) is 8.54. The van der Waals surface area contributed by atoms with Crippen LogP contribution in [0.1, 0.15) is 47.9 Å². The van der Waals surface area contributed by atoms with Crippen molar-refractivity contribution in [2.45, 2.75) is 26.1 Å². The number of aldehydes is 1. The lowest BCUT2D eigenvalue weighted by Gasteiger charge is -2.13. The number of oxazole rings is 2. The predicted octanol–water partition coefficient (Wildman–Crippen LogP) is 7.87. The van der Waals surface area contributed by atoms with Crippen molar-refractivity contribution < 1.29 is 42.8 Å². The van der Waals surface area contributed by atoms with Gasteiger partial charge in [0.1, 0.15) is 51.6 Å². The van der Waals surface area contributed by atoms with Crippen LogP contribution in [0.15, 0.2) is 137 Å². The monoisotopic (exact) mass is 851 g/mol. The molecular formula is C45H41N9O9. The molecule has 0 bridgehead atoms. The van der Waals surface area contributed by atoms with E-state index in [4.69, 9.17) is 32.9 Å². The van der Waals surface area contributed by atoms with Gasteiger partial charge in [-0.15, -0.1) is 0 Å². The lowest BCUT2D eigenvalue weighted by Crippen LogP contribution is -2.05. The van der Waals surface area contributed by atoms with Crippen LogP contribution in [0.3, 0.4) is 0 Å². The molecule has 0 aliphatic carbocycles. The molecule has 2 N–H and O–H groups in total. The second-order valence-electron chi connectivity index (χ2n) is 13.0. The van der Waals surface area contributed by atoms with Crippen LogP contribution in [-0.4, -0.2) is 82.7 Å². The van der Waals surface area contributed by atoms with Gasteiger partial charge in [0.2, 0.25) is 23.2 Å². The Kier molecular flexibility index (Phi) is 15.3. The number of aromatic nitrogens is 9. The maximum Gasteiger partial charge on any atom is 0.247 e. The van der Waals surface area contributed by atoms with Gasteiger partial charge >= 0.3 is 0 Å². The maximum absolute atomic E-state index is 10.1. The van der Waals surface area contributed by atoms with E-state index in [1.54, 1.807) is 108 Å². The van der Waals surface area contributed by atoms with Gasteiger partial charge in [0.15, 0.2) is 6.29 Å². The van der Waals surface area contributed by atoms with E-state index in [1.807, 2.05) is 37.3 Å². The molecule has 18 nitrogen and oxygen atoms in total. The van der Waals surface area contributed by atoms with Gasteiger partial charge in [0.25, 0.3) is 0 Å². The molecule has 9 rings (SSSR count). The van der Waals surface area contributed by atoms with E-state index >= 15 is 0 Å². The van der Waals surface area contributed by atoms with Crippen molar-refractivity contribution in [3.63, 3.8) is 0 Å². The highest BCUT2D eigenvalue weighted by molar-refractivity contribution is 5.74. The molecule has 9 aromatic heterocycles. The molecule has 0 amide bonds. The van der Waals surface area contributed by atoms with Crippen LogP contribution in [0.4, 0.5) is 0 Å². The van der Waals surface area contributed by atoms with Crippen LogP contribution in [-0.2, 0) is 0 Å². The molecule has 2 unspecified atom stereocenters. The Morgan fingerprint density at radius 3 is 1.56 bits per heavy atom. The van der Waals surface area contributed by atoms with Gasteiger partial charge in [-0.05, 0) is 74.5 Å². The Hall–Kier alpha value is -8.38. The summed E-state index contributed by atoms with van der Waals surface area (Å²) in [6.07, 6.45) is 14.3. The molecule has 0 aromatic carbocycles. The number of carbonyl (C=O) groups is 1. The first kappa shape index (κ1) is 44.2. The zero-order chi connectivity index (χ0) is 44.6. The van der Waals surface area contributed by atoms with E-state index in [0.717, 1.165) is 16.8 Å². The number of aliphatic hydroxyl groups excluding tert-OH is 1. The molecule has 0 fully saturated rings. The first-order valence-electron chi connectivity index (χ1n) is 19.0. The number of pyridine rings is 7. The van der Waals surface area contributed by atoms with E-state index < -0.39 is 6.10 Å². The lowest BCUT2D eigenvalue weighted by molar-refractivity contribution is 0.111. The van der Waals surface area contributed by atoms with Crippen molar-refractivity contribution in [3.05, 3.63) is 146 Å². The number of methoxy groups -OCH3 is 3. The van der Waals surface area contributed by atoms with Gasteiger partial charge in [0, 0.05) is 36.9 Å². The van der Waals surface area contributed by atoms with Gasteiger partial charge in [-0.3, -0.25) is 24.7 Å². The van der Waals surface area contributed by atoms with Crippen molar-refractivity contribution in [2.24, 2.45) is 0 Å². The fraction of sp³-hybridized carbons (Fsp3) is 0.156. The van der Waals surface area contributed by atoms with Gasteiger partial charge in [-0.1, -0.05) is 0 Å². The molecule has 320 valence electrons. The van der Waals surface area contributed by atoms with Crippen LogP contribution in [0, 0.1) is 0 Å². The van der Waals surface area contributed by atoms with Crippen molar-refractivity contribution in [1.29, 1.82) is 0 Å². The number of carbonyl (C=O) groups excluding carboxylic acids is 1. The van der Waals surface area contributed by atoms with Crippen molar-refractivity contribution in [1.82, 2.24) is 44.9 Å². The zero-order valence-corrected chi connectivity index (χ0v) is 34.6. The fourth-order valence-electron chi connectivity index (χ4n) is 5.27. The quantitative estimate of drug-likeness (QED) is 0.124. The summed E-state index contributed by atoms with van der Waals surface area (Å²) in [4.78, 5) is 47.1. The number of ether oxygens (including phenoxy) is 4. The number of hydrogen-bond donors (Lipinski definition) is 2. The largest absolute Gasteiger partial charge is 0.506 e. The van der Waals surface area contributed by atoms with E-state index in [2.05, 4.69) is 44.9 Å². The summed E-state index contributed by atoms with van der Waals surface area (Å²) in [5.41, 5.74) is 5.44. The van der Waals surface area contributed by atoms with Crippen LogP contribution in [0.2, 0.25) is 0 Å². The van der Waals surface area contributed by atoms with Gasteiger partial charge in [0.05, 0.1) is 80.9 Å². The minimum atomic E-state index is -0.513. The number of aromatic hydroxyl groups is 1. The minimum absolute atomic E-state index is 0.0681. The molecule has 0 radical (unpaired) electrons. The third-order valence-electron chi connectivity index (χ3n) is 8.54. The van der Waals surface area contributed by atoms with Gasteiger partial charge < -0.3 is 38.0 Å². The molecule has 63 heavy (non-hydrogen) atoms. The molecule has 0 spiro atoms. The molecule has 0 aliphatic heterocycles. The summed E-state index contributed by atoms with van der Waals surface area (Å²) >= 11 is 0. The Morgan fingerprint density at radius 2 is 1.10 bits per heavy atom. The van der Waals surface area contributed by atoms with E-state index in [0.29, 0.717) is 74.9 Å². The predicted molar refractivity (Wildman–Crippen MR) is 229 cm³/mol. The summed E-state index contributed by atoms with van der Waals surface area (Å²) in [7, 11) is 4.74. The van der Waals surface area contributed by atoms with Gasteiger partial charge in [-0.2, -0.15) is 0 Å². The Bertz CT molecular complexity index is 2790. The SMILES string of the molecule is COc1ccc(C(C)O)nc1.COc1ccc(C(C)Oc2cnc3oc(-c4cccnc4)nc3c2)nc1.COc1ccc(C=O)nc1.Oc1cnc2oc(-c3cccnc3)nc2c1. The van der Waals surface area contributed by atoms with Crippen LogP contribution in [0.5, 0.6) is 28.7 Å². The minimum Gasteiger partial charge on any atom is -0.506 e. The maximum atomic E-state index is 10.1. The number of rotatable bonds is 10. The smallest absolute Gasteiger partial charge is 0.247 e. The lowest BCUT2D eigenvalue weighted by atomic mass is 10.2. The third kappa shape index (κ3) is 12.3. The highest BCUT2D eigenvalue weighted by Crippen LogP contribution is 2.28. The summed E-state index contributed by atoms with van der Waals surface area (Å²) in [5, 5.41) is 18.3. The molecular weight excluding hydrogens is 811 g/mol. The summed E-state index contributed by atoms with van der Waals surface area (Å²) < 4.78 is 31.9. The van der Waals surface area contributed by atoms with Gasteiger partial charge in [-0.25, -0.2) is 24.9 Å². The topological polar surface area (TPSA) is 237 Å². The Morgan fingerprint density at radius 1 is 0.587 bits per heavy atom. The van der Waals surface area contributed by atoms with Crippen LogP contribution < -0.4 is 18.9 Å². The number of hydrogen-bond acceptors (Lipinski definition) is 18. The molecule has 18 heteroatoms. The highest BCUT2D eigenvalue weighted by Gasteiger charge is 2.14. The second kappa shape index (κ2) is 21.7. The standard InChI is InChI=1S/C19H16N4O3.C11H7N3O2.C8H11NO2.C7H7NO2/c1-12(16-6-5-14(24-2)10-21-16)25-15-8-17-19(22-11-15)26-18(23-17)13-4-3-7-20-9-13;15-8-4-9-11(13-6-8)16-10(14-9)7-2-1-3-12-5-7;1-6(10)8-4-3-7(11-2)5-9-8;1-10-7-3-2-6(5-9)8-4-7/h3-12H,1-2H3;1-6,15H;3-6,10H,1-2H3;2-5H,1H3. The van der Waals surface area contributed by atoms with Crippen LogP contribution in [0.25, 0.3) is 45.4 Å². The van der Waals surface area contributed by atoms with Crippen molar-refractivity contribution in [3.8, 4) is 51.7 Å². The zero-order valence-electron chi connectivity index (χ0n) is 34.6. The molecule has 9 heterocycles. The van der Waals surface area contributed by atoms with Crippen molar-refractivity contribution >= 4 is 28.7 Å².